The molecule has 6 heteroatoms. The molecule has 154 valence electrons. The number of aryl methyl sites for hydroxylation is 1. The average molecular weight is 421 g/mol. The minimum Gasteiger partial charge on any atom is -0.463 e. The monoisotopic (exact) mass is 420 g/mol. The van der Waals surface area contributed by atoms with E-state index in [1.165, 1.54) is 11.3 Å². The maximum atomic E-state index is 12.6. The van der Waals surface area contributed by atoms with Gasteiger partial charge in [-0.3, -0.25) is 4.79 Å². The number of nitrogens with one attached hydrogen (secondary N) is 1. The van der Waals surface area contributed by atoms with Gasteiger partial charge in [-0.15, -0.1) is 11.3 Å². The molecule has 0 aliphatic heterocycles. The third-order valence-corrected chi connectivity index (χ3v) is 6.78. The van der Waals surface area contributed by atoms with Crippen molar-refractivity contribution in [1.82, 2.24) is 0 Å². The normalized spacial score (nSPS) is 14.4. The van der Waals surface area contributed by atoms with Gasteiger partial charge in [-0.25, -0.2) is 0 Å². The fourth-order valence-corrected chi connectivity index (χ4v) is 5.32. The lowest BCUT2D eigenvalue weighted by Crippen LogP contribution is -2.85. The summed E-state index contributed by atoms with van der Waals surface area (Å²) in [5.74, 6) is 0.820. The number of thiophene rings is 1. The molecule has 0 unspecified atom stereocenters. The highest BCUT2D eigenvalue weighted by Crippen LogP contribution is 2.37. The molecule has 0 fully saturated rings. The summed E-state index contributed by atoms with van der Waals surface area (Å²) < 4.78 is 5.62. The molecule has 0 bridgehead atoms. The lowest BCUT2D eigenvalue weighted by atomic mass is 10.0. The number of benzene rings is 1. The summed E-state index contributed by atoms with van der Waals surface area (Å²) in [6.45, 7) is 0.624. The number of fused-ring (bicyclic) bond motifs is 1. The molecule has 1 aliphatic carbocycles. The Balaban J connectivity index is 1.39. The lowest BCUT2D eigenvalue weighted by Gasteiger charge is -2.14. The lowest BCUT2D eigenvalue weighted by molar-refractivity contribution is -0.687. The zero-order valence-electron chi connectivity index (χ0n) is 16.9. The highest BCUT2D eigenvalue weighted by Gasteiger charge is 2.22. The van der Waals surface area contributed by atoms with Crippen LogP contribution >= 0.6 is 11.3 Å². The third kappa shape index (κ3) is 4.64. The number of rotatable bonds is 7. The van der Waals surface area contributed by atoms with Crippen LogP contribution in [0.2, 0.25) is 0 Å². The minimum absolute atomic E-state index is 0.0153. The number of anilines is 1. The number of carbonyl (C=O) groups is 1. The van der Waals surface area contributed by atoms with Crippen molar-refractivity contribution in [2.24, 2.45) is 0 Å². The van der Waals surface area contributed by atoms with Gasteiger partial charge in [0.1, 0.15) is 11.1 Å². The molecule has 30 heavy (non-hydrogen) atoms. The summed E-state index contributed by atoms with van der Waals surface area (Å²) in [6, 6.07) is 16.3. The first-order valence-corrected chi connectivity index (χ1v) is 11.3. The van der Waals surface area contributed by atoms with E-state index in [0.29, 0.717) is 18.5 Å². The summed E-state index contributed by atoms with van der Waals surface area (Å²) >= 11 is 1.58. The number of amides is 1. The molecular weight excluding hydrogens is 394 g/mol. The fourth-order valence-electron chi connectivity index (χ4n) is 4.06. The van der Waals surface area contributed by atoms with E-state index in [2.05, 4.69) is 28.8 Å². The highest BCUT2D eigenvalue weighted by molar-refractivity contribution is 7.16. The number of carbonyl (C=O) groups excluding carboxylic acids is 1. The molecule has 1 amide bonds. The van der Waals surface area contributed by atoms with Gasteiger partial charge in [0.2, 0.25) is 5.91 Å². The van der Waals surface area contributed by atoms with Crippen LogP contribution in [0.15, 0.2) is 53.1 Å². The molecule has 0 saturated carbocycles. The van der Waals surface area contributed by atoms with Crippen molar-refractivity contribution in [3.05, 3.63) is 76.1 Å². The van der Waals surface area contributed by atoms with Gasteiger partial charge < -0.3 is 15.1 Å². The van der Waals surface area contributed by atoms with Crippen LogP contribution in [0.4, 0.5) is 5.00 Å². The highest BCUT2D eigenvalue weighted by atomic mass is 32.1. The summed E-state index contributed by atoms with van der Waals surface area (Å²) in [5.41, 5.74) is 2.97. The van der Waals surface area contributed by atoms with E-state index in [1.807, 2.05) is 30.3 Å². The molecule has 5 nitrogen and oxygen atoms in total. The van der Waals surface area contributed by atoms with Gasteiger partial charge in [0.25, 0.3) is 0 Å². The minimum atomic E-state index is -0.0505. The Morgan fingerprint density at radius 1 is 1.17 bits per heavy atom. The second-order valence-electron chi connectivity index (χ2n) is 7.61. The van der Waals surface area contributed by atoms with E-state index in [-0.39, 0.29) is 11.9 Å². The predicted octanol–water partition coefficient (Wildman–Crippen LogP) is 4.16. The average Bonchev–Trinajstić information content (AvgIpc) is 3.34. The van der Waals surface area contributed by atoms with Crippen molar-refractivity contribution >= 4 is 22.2 Å². The van der Waals surface area contributed by atoms with Crippen molar-refractivity contribution in [3.63, 3.8) is 0 Å². The Labute approximate surface area is 180 Å². The Kier molecular flexibility index (Phi) is 6.63. The van der Waals surface area contributed by atoms with Gasteiger partial charge >= 0.3 is 0 Å². The largest absolute Gasteiger partial charge is 0.463 e. The first kappa shape index (κ1) is 20.4. The smallest absolute Gasteiger partial charge is 0.230 e. The zero-order chi connectivity index (χ0) is 20.8. The molecule has 2 heterocycles. The van der Waals surface area contributed by atoms with E-state index in [1.54, 1.807) is 17.6 Å². The van der Waals surface area contributed by atoms with Gasteiger partial charge in [0.15, 0.2) is 11.8 Å². The second kappa shape index (κ2) is 9.75. The zero-order valence-corrected chi connectivity index (χ0v) is 17.7. The summed E-state index contributed by atoms with van der Waals surface area (Å²) in [7, 11) is 0. The molecule has 0 saturated heterocycles. The van der Waals surface area contributed by atoms with Crippen LogP contribution in [0.5, 0.6) is 0 Å². The Morgan fingerprint density at radius 2 is 2.00 bits per heavy atom. The standard InChI is InChI=1S/C24H25N3O2S/c25-16-19-18-10-5-2-6-12-21(18)30-24(19)27-22(28)13-14-26-23(20-11-7-15-29-20)17-8-3-1-4-9-17/h1,3-4,7-9,11,15,23,26H,2,5-6,10,12-14H2,(H,27,28)/p+1/t23-/m1/s1. The summed E-state index contributed by atoms with van der Waals surface area (Å²) in [5, 5.41) is 15.5. The molecule has 0 spiro atoms. The molecule has 3 N–H and O–H groups in total. The number of hydrogen-bond donors (Lipinski definition) is 2. The van der Waals surface area contributed by atoms with E-state index in [0.717, 1.165) is 47.6 Å². The number of nitrogens with zero attached hydrogens (tertiary/aromatic N) is 1. The molecule has 1 atom stereocenters. The van der Waals surface area contributed by atoms with Crippen LogP contribution < -0.4 is 10.6 Å². The van der Waals surface area contributed by atoms with Crippen LogP contribution in [-0.2, 0) is 17.6 Å². The van der Waals surface area contributed by atoms with E-state index < -0.39 is 0 Å². The van der Waals surface area contributed by atoms with Crippen molar-refractivity contribution in [2.75, 3.05) is 11.9 Å². The van der Waals surface area contributed by atoms with Gasteiger partial charge in [-0.1, -0.05) is 36.8 Å². The van der Waals surface area contributed by atoms with Gasteiger partial charge in [-0.2, -0.15) is 5.26 Å². The van der Waals surface area contributed by atoms with E-state index >= 15 is 0 Å². The molecule has 1 aromatic carbocycles. The number of hydrogen-bond acceptors (Lipinski definition) is 4. The number of nitrogens with two attached hydrogens (primary N) is 1. The van der Waals surface area contributed by atoms with Gasteiger partial charge in [0, 0.05) is 10.4 Å². The van der Waals surface area contributed by atoms with Crippen molar-refractivity contribution in [1.29, 1.82) is 5.26 Å². The molecule has 0 radical (unpaired) electrons. The summed E-state index contributed by atoms with van der Waals surface area (Å²) in [6.07, 6.45) is 7.50. The topological polar surface area (TPSA) is 82.6 Å². The number of quaternary nitrogens is 1. The number of furan rings is 1. The molecular formula is C24H26N3O2S+. The van der Waals surface area contributed by atoms with Crippen molar-refractivity contribution in [3.8, 4) is 6.07 Å². The molecule has 2 aromatic heterocycles. The Morgan fingerprint density at radius 3 is 2.77 bits per heavy atom. The fraction of sp³-hybridized carbons (Fsp3) is 0.333. The maximum absolute atomic E-state index is 12.6. The summed E-state index contributed by atoms with van der Waals surface area (Å²) in [4.78, 5) is 13.9. The van der Waals surface area contributed by atoms with Crippen LogP contribution in [0.3, 0.4) is 0 Å². The predicted molar refractivity (Wildman–Crippen MR) is 117 cm³/mol. The maximum Gasteiger partial charge on any atom is 0.230 e. The second-order valence-corrected chi connectivity index (χ2v) is 8.71. The first-order chi connectivity index (χ1) is 14.8. The SMILES string of the molecule is N#Cc1c(NC(=O)CC[NH2+][C@H](c2ccccc2)c2ccco2)sc2c1CCCCC2. The van der Waals surface area contributed by atoms with Crippen LogP contribution in [0.1, 0.15) is 59.1 Å². The Hall–Kier alpha value is -2.88. The van der Waals surface area contributed by atoms with Gasteiger partial charge in [-0.05, 0) is 43.4 Å². The molecule has 4 rings (SSSR count). The Bertz CT molecular complexity index is 1020. The quantitative estimate of drug-likeness (QED) is 0.563. The third-order valence-electron chi connectivity index (χ3n) is 5.57. The number of nitriles is 1. The van der Waals surface area contributed by atoms with Crippen LogP contribution in [0, 0.1) is 11.3 Å². The van der Waals surface area contributed by atoms with E-state index in [4.69, 9.17) is 4.42 Å². The molecule has 3 aromatic rings. The van der Waals surface area contributed by atoms with Crippen LogP contribution in [-0.4, -0.2) is 12.5 Å². The van der Waals surface area contributed by atoms with Gasteiger partial charge in [0.05, 0.1) is 24.8 Å². The van der Waals surface area contributed by atoms with Crippen molar-refractivity contribution < 1.29 is 14.5 Å². The first-order valence-electron chi connectivity index (χ1n) is 10.5. The van der Waals surface area contributed by atoms with Crippen molar-refractivity contribution in [2.45, 2.75) is 44.6 Å². The molecule has 1 aliphatic rings. The van der Waals surface area contributed by atoms with E-state index in [9.17, 15) is 10.1 Å². The van der Waals surface area contributed by atoms with Crippen LogP contribution in [0.25, 0.3) is 0 Å².